The molecule has 0 aromatic carbocycles. The Hall–Kier alpha value is -1.71. The van der Waals surface area contributed by atoms with Crippen molar-refractivity contribution in [2.24, 2.45) is 0 Å². The van der Waals surface area contributed by atoms with Crippen LogP contribution < -0.4 is 4.72 Å². The van der Waals surface area contributed by atoms with E-state index in [4.69, 9.17) is 0 Å². The Morgan fingerprint density at radius 3 is 2.83 bits per heavy atom. The number of aliphatic hydroxyl groups excluding tert-OH is 1. The van der Waals surface area contributed by atoms with Crippen LogP contribution in [0.1, 0.15) is 37.9 Å². The summed E-state index contributed by atoms with van der Waals surface area (Å²) < 4.78 is 31.5. The summed E-state index contributed by atoms with van der Waals surface area (Å²) in [4.78, 5) is 4.17. The van der Waals surface area contributed by atoms with E-state index in [9.17, 15) is 13.5 Å². The molecule has 0 spiro atoms. The van der Waals surface area contributed by atoms with Gasteiger partial charge in [-0.1, -0.05) is 0 Å². The molecule has 2 N–H and O–H groups in total. The molecule has 0 bridgehead atoms. The molecule has 1 saturated carbocycles. The van der Waals surface area contributed by atoms with Crippen LogP contribution in [0.5, 0.6) is 0 Å². The molecule has 8 nitrogen and oxygen atoms in total. The molecular weight excluding hydrogens is 330 g/mol. The molecule has 2 aromatic rings. The molecule has 1 aliphatic rings. The lowest BCUT2D eigenvalue weighted by Gasteiger charge is -2.35. The van der Waals surface area contributed by atoms with Crippen LogP contribution in [0.25, 0.3) is 0 Å². The Morgan fingerprint density at radius 1 is 1.42 bits per heavy atom. The summed E-state index contributed by atoms with van der Waals surface area (Å²) in [5.74, 6) is 0. The average Bonchev–Trinajstić information content (AvgIpc) is 3.18. The van der Waals surface area contributed by atoms with E-state index in [-0.39, 0.29) is 10.9 Å². The minimum atomic E-state index is -3.72. The predicted molar refractivity (Wildman–Crippen MR) is 87.9 cm³/mol. The van der Waals surface area contributed by atoms with Gasteiger partial charge in [0.1, 0.15) is 4.90 Å². The first-order chi connectivity index (χ1) is 11.4. The number of rotatable bonds is 5. The van der Waals surface area contributed by atoms with E-state index in [1.807, 2.05) is 11.5 Å². The molecule has 0 radical (unpaired) electrons. The lowest BCUT2D eigenvalue weighted by atomic mass is 9.88. The molecular formula is C15H23N5O3S. The van der Waals surface area contributed by atoms with E-state index in [0.717, 1.165) is 12.8 Å². The molecule has 3 atom stereocenters. The lowest BCUT2D eigenvalue weighted by molar-refractivity contribution is 0.0511. The van der Waals surface area contributed by atoms with Crippen LogP contribution in [0.15, 0.2) is 29.8 Å². The number of imidazole rings is 1. The van der Waals surface area contributed by atoms with E-state index in [0.29, 0.717) is 18.7 Å². The minimum Gasteiger partial charge on any atom is -0.389 e. The van der Waals surface area contributed by atoms with Gasteiger partial charge in [-0.05, 0) is 33.1 Å². The molecule has 132 valence electrons. The second-order valence-corrected chi connectivity index (χ2v) is 7.82. The van der Waals surface area contributed by atoms with Crippen molar-refractivity contribution >= 4 is 10.0 Å². The molecule has 0 saturated heterocycles. The fourth-order valence-electron chi connectivity index (χ4n) is 3.35. The molecule has 3 rings (SSSR count). The molecule has 24 heavy (non-hydrogen) atoms. The Labute approximate surface area is 141 Å². The van der Waals surface area contributed by atoms with Gasteiger partial charge in [0.15, 0.2) is 0 Å². The third-order valence-electron chi connectivity index (χ3n) is 4.68. The van der Waals surface area contributed by atoms with E-state index < -0.39 is 22.2 Å². The van der Waals surface area contributed by atoms with Crippen molar-refractivity contribution in [3.05, 3.63) is 30.6 Å². The van der Waals surface area contributed by atoms with Crippen LogP contribution in [0.3, 0.4) is 0 Å². The summed E-state index contributed by atoms with van der Waals surface area (Å²) in [5.41, 5.74) is 0.599. The molecule has 0 unspecified atom stereocenters. The Balaban J connectivity index is 1.80. The van der Waals surface area contributed by atoms with Gasteiger partial charge in [0.2, 0.25) is 10.0 Å². The highest BCUT2D eigenvalue weighted by Crippen LogP contribution is 2.30. The lowest BCUT2D eigenvalue weighted by Crippen LogP contribution is -2.49. The van der Waals surface area contributed by atoms with Gasteiger partial charge in [-0.15, -0.1) is 0 Å². The largest absolute Gasteiger partial charge is 0.389 e. The van der Waals surface area contributed by atoms with Gasteiger partial charge in [-0.25, -0.2) is 18.1 Å². The maximum Gasteiger partial charge on any atom is 0.244 e. The number of hydrogen-bond donors (Lipinski definition) is 2. The number of aromatic nitrogens is 4. The van der Waals surface area contributed by atoms with Gasteiger partial charge in [0, 0.05) is 18.9 Å². The van der Waals surface area contributed by atoms with Crippen LogP contribution in [0.4, 0.5) is 0 Å². The minimum absolute atomic E-state index is 0.168. The number of sulfonamides is 1. The summed E-state index contributed by atoms with van der Waals surface area (Å²) in [5, 5.41) is 14.7. The van der Waals surface area contributed by atoms with Crippen molar-refractivity contribution in [2.75, 3.05) is 0 Å². The van der Waals surface area contributed by atoms with E-state index in [1.54, 1.807) is 30.3 Å². The van der Waals surface area contributed by atoms with Gasteiger partial charge in [0.05, 0.1) is 36.4 Å². The monoisotopic (exact) mass is 353 g/mol. The quantitative estimate of drug-likeness (QED) is 0.829. The highest BCUT2D eigenvalue weighted by molar-refractivity contribution is 7.89. The number of nitrogens with one attached hydrogen (secondary N) is 1. The van der Waals surface area contributed by atoms with Crippen LogP contribution in [0.2, 0.25) is 0 Å². The van der Waals surface area contributed by atoms with Crippen molar-refractivity contribution in [2.45, 2.75) is 62.7 Å². The predicted octanol–water partition coefficient (Wildman–Crippen LogP) is 0.841. The fraction of sp³-hybridized carbons (Fsp3) is 0.600. The molecule has 2 aromatic heterocycles. The normalized spacial score (nSPS) is 25.0. The van der Waals surface area contributed by atoms with Gasteiger partial charge in [-0.3, -0.25) is 4.68 Å². The van der Waals surface area contributed by atoms with E-state index in [1.165, 1.54) is 6.20 Å². The standard InChI is InChI=1S/C15H23N5O3S/c1-3-20-11(2)14(9-17-20)24(22,23)18-12-5-4-6-13(15(12)21)19-8-7-16-10-19/h7-10,12-13,15,18,21H,3-6H2,1-2H3/t12-,13-,15-/m1/s1. The van der Waals surface area contributed by atoms with Gasteiger partial charge in [0.25, 0.3) is 0 Å². The third kappa shape index (κ3) is 3.11. The van der Waals surface area contributed by atoms with Crippen molar-refractivity contribution in [3.8, 4) is 0 Å². The van der Waals surface area contributed by atoms with E-state index >= 15 is 0 Å². The number of nitrogens with zero attached hydrogens (tertiary/aromatic N) is 4. The number of hydrogen-bond acceptors (Lipinski definition) is 5. The summed E-state index contributed by atoms with van der Waals surface area (Å²) in [7, 11) is -3.72. The van der Waals surface area contributed by atoms with E-state index in [2.05, 4.69) is 14.8 Å². The first kappa shape index (κ1) is 17.1. The number of aryl methyl sites for hydroxylation is 1. The highest BCUT2D eigenvalue weighted by Gasteiger charge is 2.36. The SMILES string of the molecule is CCn1ncc(S(=O)(=O)N[C@@H]2CCC[C@@H](n3ccnc3)[C@@H]2O)c1C. The molecule has 9 heteroatoms. The van der Waals surface area contributed by atoms with Crippen LogP contribution in [-0.2, 0) is 16.6 Å². The average molecular weight is 353 g/mol. The molecule has 2 heterocycles. The summed E-state index contributed by atoms with van der Waals surface area (Å²) in [6.45, 7) is 4.25. The zero-order valence-corrected chi connectivity index (χ0v) is 14.6. The topological polar surface area (TPSA) is 102 Å². The fourth-order valence-corrected chi connectivity index (χ4v) is 4.81. The Kier molecular flexibility index (Phi) is 4.75. The zero-order valence-electron chi connectivity index (χ0n) is 13.8. The molecule has 1 aliphatic carbocycles. The highest BCUT2D eigenvalue weighted by atomic mass is 32.2. The van der Waals surface area contributed by atoms with Gasteiger partial charge < -0.3 is 9.67 Å². The second kappa shape index (κ2) is 6.66. The van der Waals surface area contributed by atoms with Crippen LogP contribution in [-0.4, -0.2) is 45.0 Å². The first-order valence-electron chi connectivity index (χ1n) is 8.14. The Bertz CT molecular complexity index is 784. The smallest absolute Gasteiger partial charge is 0.244 e. The summed E-state index contributed by atoms with van der Waals surface area (Å²) in [6.07, 6.45) is 7.90. The summed E-state index contributed by atoms with van der Waals surface area (Å²) >= 11 is 0. The maximum absolute atomic E-state index is 12.7. The van der Waals surface area contributed by atoms with Gasteiger partial charge >= 0.3 is 0 Å². The van der Waals surface area contributed by atoms with Crippen molar-refractivity contribution in [3.63, 3.8) is 0 Å². The number of aliphatic hydroxyl groups is 1. The molecule has 0 amide bonds. The van der Waals surface area contributed by atoms with Crippen molar-refractivity contribution in [1.82, 2.24) is 24.1 Å². The van der Waals surface area contributed by atoms with Crippen molar-refractivity contribution < 1.29 is 13.5 Å². The third-order valence-corrected chi connectivity index (χ3v) is 6.28. The first-order valence-corrected chi connectivity index (χ1v) is 9.62. The van der Waals surface area contributed by atoms with Crippen LogP contribution >= 0.6 is 0 Å². The summed E-state index contributed by atoms with van der Waals surface area (Å²) in [6, 6.07) is -0.700. The second-order valence-electron chi connectivity index (χ2n) is 6.14. The maximum atomic E-state index is 12.7. The van der Waals surface area contributed by atoms with Crippen molar-refractivity contribution in [1.29, 1.82) is 0 Å². The van der Waals surface area contributed by atoms with Crippen LogP contribution in [0, 0.1) is 6.92 Å². The zero-order chi connectivity index (χ0) is 17.3. The molecule has 1 fully saturated rings. The van der Waals surface area contributed by atoms with Gasteiger partial charge in [-0.2, -0.15) is 5.10 Å². The molecule has 0 aliphatic heterocycles. The Morgan fingerprint density at radius 2 is 2.21 bits per heavy atom.